The number of ketones is 2. The minimum Gasteiger partial charge on any atom is -0.469 e. The van der Waals surface area contributed by atoms with Gasteiger partial charge in [0, 0.05) is 71.4 Å². The Morgan fingerprint density at radius 2 is 0.539 bits per heavy atom. The largest absolute Gasteiger partial charge is 0.469 e. The van der Waals surface area contributed by atoms with E-state index in [0.717, 1.165) is 148 Å². The van der Waals surface area contributed by atoms with Crippen LogP contribution in [0.15, 0.2) is 46.6 Å². The van der Waals surface area contributed by atoms with Crippen molar-refractivity contribution in [2.24, 2.45) is 201 Å². The minimum atomic E-state index is -0.400. The van der Waals surface area contributed by atoms with Gasteiger partial charge in [-0.05, 0) is 389 Å². The molecule has 12 heteroatoms. The van der Waals surface area contributed by atoms with Crippen molar-refractivity contribution in [3.8, 4) is 0 Å². The van der Waals surface area contributed by atoms with Crippen LogP contribution in [-0.4, -0.2) is 99.2 Å². The molecule has 2 aliphatic heterocycles. The van der Waals surface area contributed by atoms with E-state index in [1.807, 2.05) is 0 Å². The van der Waals surface area contributed by atoms with E-state index in [9.17, 15) is 29.4 Å². The van der Waals surface area contributed by atoms with Gasteiger partial charge >= 0.3 is 11.9 Å². The highest BCUT2D eigenvalue weighted by molar-refractivity contribution is 5.86. The highest BCUT2D eigenvalue weighted by Crippen LogP contribution is 2.84. The second kappa shape index (κ2) is 35.0. The summed E-state index contributed by atoms with van der Waals surface area (Å²) >= 11 is 0. The first-order valence-corrected chi connectivity index (χ1v) is 57.8. The Labute approximate surface area is 862 Å². The Bertz CT molecular complexity index is 4910. The summed E-state index contributed by atoms with van der Waals surface area (Å²) in [6.07, 6.45) is 56.0. The zero-order valence-corrected chi connectivity index (χ0v) is 93.7. The number of hydrogen-bond acceptors (Lipinski definition) is 12. The molecule has 2 spiro atoms. The van der Waals surface area contributed by atoms with Crippen LogP contribution in [0.1, 0.15) is 473 Å². The molecule has 800 valence electrons. The normalized spacial score (nSPS) is 49.2. The second-order valence-electron chi connectivity index (χ2n) is 61.8. The lowest BCUT2D eigenvalue weighted by molar-refractivity contribution is -0.307. The maximum Gasteiger partial charge on any atom is 0.312 e. The molecule has 2 saturated heterocycles. The number of Topliss-reactive ketones (excluding diaryl/α,β-unsaturated/α-hetero) is 2. The van der Waals surface area contributed by atoms with E-state index in [2.05, 4.69) is 218 Å². The summed E-state index contributed by atoms with van der Waals surface area (Å²) in [5.41, 5.74) is 10.0. The number of aliphatic hydroxyl groups is 2. The van der Waals surface area contributed by atoms with Crippen molar-refractivity contribution in [2.45, 2.75) is 485 Å². The van der Waals surface area contributed by atoms with Crippen LogP contribution in [0.4, 0.5) is 0 Å². The van der Waals surface area contributed by atoms with E-state index in [-0.39, 0.29) is 143 Å². The summed E-state index contributed by atoms with van der Waals surface area (Å²) in [5.74, 6) is 6.83. The molecule has 20 aliphatic carbocycles. The number of hydrogen-bond donors (Lipinski definition) is 2. The minimum absolute atomic E-state index is 0. The van der Waals surface area contributed by atoms with Gasteiger partial charge in [0.2, 0.25) is 0 Å². The Morgan fingerprint density at radius 3 is 0.823 bits per heavy atom. The molecule has 141 heavy (non-hydrogen) atoms. The Kier molecular flexibility index (Phi) is 27.5. The molecule has 2 heterocycles. The molecule has 16 saturated carbocycles. The number of fused-ring (bicyclic) bond motifs is 28. The third kappa shape index (κ3) is 14.9. The topological polar surface area (TPSA) is 164 Å². The fourth-order valence-electron chi connectivity index (χ4n) is 44.3. The van der Waals surface area contributed by atoms with Gasteiger partial charge < -0.3 is 38.6 Å². The van der Waals surface area contributed by atoms with Gasteiger partial charge in [-0.1, -0.05) is 263 Å². The molecule has 0 aromatic heterocycles. The maximum absolute atomic E-state index is 13.4. The summed E-state index contributed by atoms with van der Waals surface area (Å²) in [7, 11) is 3.19. The zero-order chi connectivity index (χ0) is 100. The molecule has 0 bridgehead atoms. The van der Waals surface area contributed by atoms with Gasteiger partial charge in [-0.3, -0.25) is 19.2 Å². The van der Waals surface area contributed by atoms with Gasteiger partial charge in [0.15, 0.2) is 11.6 Å². The van der Waals surface area contributed by atoms with Crippen molar-refractivity contribution in [3.63, 3.8) is 0 Å². The average molecular weight is 1960 g/mol. The molecule has 0 aromatic rings. The van der Waals surface area contributed by atoms with Crippen LogP contribution in [0, 0.1) is 201 Å². The van der Waals surface area contributed by atoms with E-state index >= 15 is 0 Å². The van der Waals surface area contributed by atoms with Crippen molar-refractivity contribution < 1.29 is 57.8 Å². The van der Waals surface area contributed by atoms with Crippen molar-refractivity contribution in [2.75, 3.05) is 53.9 Å². The summed E-state index contributed by atoms with van der Waals surface area (Å²) < 4.78 is 36.6. The number of ether oxygens (including phenoxy) is 6. The van der Waals surface area contributed by atoms with E-state index in [1.165, 1.54) is 135 Å². The average Bonchev–Trinajstić information content (AvgIpc) is 1.49. The molecular formula is C129H212O12. The van der Waals surface area contributed by atoms with E-state index in [1.54, 1.807) is 36.5 Å². The van der Waals surface area contributed by atoms with Crippen LogP contribution in [-0.2, 0) is 47.6 Å². The predicted molar refractivity (Wildman–Crippen MR) is 574 cm³/mol. The molecule has 0 amide bonds. The van der Waals surface area contributed by atoms with E-state index in [4.69, 9.17) is 28.4 Å². The number of rotatable bonds is 4. The number of carbonyl (C=O) groups excluding carboxylic acids is 4. The van der Waals surface area contributed by atoms with Crippen LogP contribution >= 0.6 is 0 Å². The van der Waals surface area contributed by atoms with Crippen molar-refractivity contribution >= 4 is 23.5 Å². The molecule has 22 rings (SSSR count). The molecule has 22 aliphatic rings. The SMILES string of the molecule is C.C.C.CC1(C)CCC2(CO)CC[C@@]3(C)C(=CCC4[C@@]5(C)CCC(=O)C(C)(C)C5CC[C@]43C)[C@@H]2C1.CC1(C)CCC2(CO)CC[C@@]3(C)C(=CCC4[C@@]5(C)CCC6(OCCO6)C(C)(C)C5CC[C@]43C)[C@@H]2C1.COC(=O)C12CCC(C)(C)C[C@H]1C1=CCC3[C@@]4(C)CCC(=O)C(C)(C)C4CC[C@@]3(C)[C@@]1(C)CC2.COC(=O)C12CCC(C)(C)C[C@H]1C1=CCC3[C@@]4(C)CCC5(OCCO5)C(C)(C)C4CC[C@@]3(C)[C@@]1(C)CC2. The lowest BCUT2D eigenvalue weighted by Gasteiger charge is -2.72. The van der Waals surface area contributed by atoms with Gasteiger partial charge in [0.05, 0.1) is 51.5 Å². The molecule has 12 unspecified atom stereocenters. The molecule has 0 radical (unpaired) electrons. The number of methoxy groups -OCH3 is 2. The fraction of sp³-hybridized carbons (Fsp3) is 0.907. The number of esters is 2. The zero-order valence-electron chi connectivity index (χ0n) is 93.7. The third-order valence-electron chi connectivity index (χ3n) is 53.9. The number of aliphatic hydroxyl groups excluding tert-OH is 2. The third-order valence-corrected chi connectivity index (χ3v) is 53.9. The lowest BCUT2D eigenvalue weighted by Crippen LogP contribution is -2.67. The van der Waals surface area contributed by atoms with Crippen LogP contribution in [0.5, 0.6) is 0 Å². The highest BCUT2D eigenvalue weighted by atomic mass is 16.7. The lowest BCUT2D eigenvalue weighted by atomic mass is 9.33. The molecule has 0 aromatic carbocycles. The summed E-state index contributed by atoms with van der Waals surface area (Å²) in [4.78, 5) is 52.6. The van der Waals surface area contributed by atoms with Gasteiger partial charge in [-0.25, -0.2) is 0 Å². The summed E-state index contributed by atoms with van der Waals surface area (Å²) in [6, 6.07) is 0. The van der Waals surface area contributed by atoms with Crippen molar-refractivity contribution in [1.82, 2.24) is 0 Å². The van der Waals surface area contributed by atoms with Gasteiger partial charge in [0.25, 0.3) is 0 Å². The first kappa shape index (κ1) is 111. The van der Waals surface area contributed by atoms with Crippen LogP contribution < -0.4 is 0 Å². The second-order valence-corrected chi connectivity index (χ2v) is 61.8. The molecule has 18 fully saturated rings. The van der Waals surface area contributed by atoms with E-state index < -0.39 is 5.79 Å². The first-order valence-electron chi connectivity index (χ1n) is 57.8. The predicted octanol–water partition coefficient (Wildman–Crippen LogP) is 32.0. The van der Waals surface area contributed by atoms with E-state index in [0.29, 0.717) is 123 Å². The standard InChI is InChI=1S/C33H52O4.C32H52O3.C31H48O3.C30H48O2.3CH4/c1-27(2)13-16-32(26(34)35-8)17-15-30(6)22(23(32)21-27)9-10-25-29(5)14-18-33(36-19-20-37-33)28(3,4)24(29)11-12-31(25,30)7;1-26(2)12-15-31(21-33)16-14-29(6)22(23(31)20-26)8-9-25-28(5)13-17-32(34-18-19-35-32)27(3,4)24(28)10-11-30(25,29)7;1-26(2)15-17-31(25(33)34-8)18-16-29(6)20(21(31)19-26)9-10-23-28(5)13-12-24(32)27(3,4)22(28)11-14-30(23,29)7;1-25(2)14-16-30(19-31)17-15-28(6)20(21(30)18-25)8-9-23-27(5)12-11-24(32)26(3,4)22(27)10-13-29(23,28)7;;;/h9,23-25H,10-21H2,1-8H3;8,23-25,33H,9-21H2,1-7H3;9,21-23H,10-19H2,1-8H3;8,21-23,31H,9-19H2,1-7H3;3*1H4/t23-,24?,25?,29-,30-,31+,32?;23-,24?,25?,28-,29-,30+,31?;21-,22?,23?,28-,29-,30+,31?;21-,22?,23?,27-,28-,29+,30?;;;/m0000.../s1. The quantitative estimate of drug-likeness (QED) is 0.203. The fourth-order valence-corrected chi connectivity index (χ4v) is 44.3. The molecule has 12 nitrogen and oxygen atoms in total. The monoisotopic (exact) mass is 1950 g/mol. The van der Waals surface area contributed by atoms with Crippen molar-refractivity contribution in [3.05, 3.63) is 46.6 Å². The molecule has 28 atom stereocenters. The molecular weight excluding hydrogens is 1740 g/mol. The Balaban J connectivity index is 0.000000135. The Morgan fingerprint density at radius 1 is 0.298 bits per heavy atom. The van der Waals surface area contributed by atoms with Crippen LogP contribution in [0.2, 0.25) is 0 Å². The smallest absolute Gasteiger partial charge is 0.312 e. The van der Waals surface area contributed by atoms with Gasteiger partial charge in [-0.15, -0.1) is 0 Å². The summed E-state index contributed by atoms with van der Waals surface area (Å²) in [6.45, 7) is 73.2. The number of carbonyl (C=O) groups is 4. The first-order chi connectivity index (χ1) is 63.9. The number of allylic oxidation sites excluding steroid dienone is 8. The Hall–Kier alpha value is -3.00. The van der Waals surface area contributed by atoms with Crippen LogP contribution in [0.3, 0.4) is 0 Å². The molecule has 2 N–H and O–H groups in total. The summed E-state index contributed by atoms with van der Waals surface area (Å²) in [5, 5.41) is 21.4. The van der Waals surface area contributed by atoms with Crippen molar-refractivity contribution in [1.29, 1.82) is 0 Å². The highest BCUT2D eigenvalue weighted by Gasteiger charge is 2.78. The van der Waals surface area contributed by atoms with Gasteiger partial charge in [0.1, 0.15) is 11.6 Å². The van der Waals surface area contributed by atoms with Crippen LogP contribution in [0.25, 0.3) is 0 Å². The maximum atomic E-state index is 13.4. The van der Waals surface area contributed by atoms with Gasteiger partial charge in [-0.2, -0.15) is 0 Å².